The van der Waals surface area contributed by atoms with Crippen molar-refractivity contribution in [1.82, 2.24) is 15.2 Å². The van der Waals surface area contributed by atoms with Gasteiger partial charge in [0.1, 0.15) is 5.54 Å². The lowest BCUT2D eigenvalue weighted by molar-refractivity contribution is -0.144. The summed E-state index contributed by atoms with van der Waals surface area (Å²) in [6.45, 7) is 2.99. The van der Waals surface area contributed by atoms with Crippen LogP contribution in [0.5, 0.6) is 0 Å². The van der Waals surface area contributed by atoms with E-state index < -0.39 is 5.54 Å². The molecular formula is C22H29N5O2S. The zero-order valence-corrected chi connectivity index (χ0v) is 18.2. The normalized spacial score (nSPS) is 27.3. The predicted molar refractivity (Wildman–Crippen MR) is 114 cm³/mol. The SMILES string of the molecule is N#CC1(NC(=O)[C@@H]2CCCCC2C(=O)N2CCN(c3nc4c(s3)CCC4)CC2)CC1. The lowest BCUT2D eigenvalue weighted by atomic mass is 9.77. The third-order valence-electron chi connectivity index (χ3n) is 7.19. The fraction of sp³-hybridized carbons (Fsp3) is 0.727. The Bertz CT molecular complexity index is 857. The molecule has 3 aliphatic carbocycles. The second-order valence-corrected chi connectivity index (χ2v) is 10.3. The van der Waals surface area contributed by atoms with Gasteiger partial charge in [0.05, 0.1) is 11.8 Å². The van der Waals surface area contributed by atoms with Crippen LogP contribution in [0.25, 0.3) is 0 Å². The Hall–Kier alpha value is -2.14. The number of aromatic nitrogens is 1. The molecule has 1 aliphatic heterocycles. The molecule has 30 heavy (non-hydrogen) atoms. The summed E-state index contributed by atoms with van der Waals surface area (Å²) in [6.07, 6.45) is 8.42. The molecule has 1 saturated heterocycles. The number of anilines is 1. The molecule has 4 aliphatic rings. The van der Waals surface area contributed by atoms with Crippen LogP contribution in [0.4, 0.5) is 5.13 Å². The molecule has 0 spiro atoms. The van der Waals surface area contributed by atoms with E-state index in [2.05, 4.69) is 16.3 Å². The molecule has 2 atom stereocenters. The number of hydrogen-bond acceptors (Lipinski definition) is 6. The van der Waals surface area contributed by atoms with Gasteiger partial charge in [-0.3, -0.25) is 9.59 Å². The number of nitrogens with zero attached hydrogens (tertiary/aromatic N) is 4. The van der Waals surface area contributed by atoms with Crippen LogP contribution >= 0.6 is 11.3 Å². The molecule has 8 heteroatoms. The van der Waals surface area contributed by atoms with Crippen LogP contribution in [0.2, 0.25) is 0 Å². The van der Waals surface area contributed by atoms with Gasteiger partial charge in [-0.1, -0.05) is 12.8 Å². The van der Waals surface area contributed by atoms with Gasteiger partial charge in [0.15, 0.2) is 5.13 Å². The van der Waals surface area contributed by atoms with Gasteiger partial charge in [-0.05, 0) is 44.9 Å². The van der Waals surface area contributed by atoms with Gasteiger partial charge in [-0.15, -0.1) is 11.3 Å². The van der Waals surface area contributed by atoms with Crippen LogP contribution in [0.3, 0.4) is 0 Å². The molecule has 0 aromatic carbocycles. The summed E-state index contributed by atoms with van der Waals surface area (Å²) >= 11 is 1.82. The quantitative estimate of drug-likeness (QED) is 0.796. The predicted octanol–water partition coefficient (Wildman–Crippen LogP) is 2.26. The van der Waals surface area contributed by atoms with Crippen LogP contribution < -0.4 is 10.2 Å². The second kappa shape index (κ2) is 7.84. The maximum atomic E-state index is 13.3. The summed E-state index contributed by atoms with van der Waals surface area (Å²) in [5.41, 5.74) is 0.609. The number of nitrogens with one attached hydrogen (secondary N) is 1. The maximum absolute atomic E-state index is 13.3. The first kappa shape index (κ1) is 19.8. The molecule has 1 aromatic rings. The van der Waals surface area contributed by atoms with Crippen molar-refractivity contribution in [3.8, 4) is 6.07 Å². The van der Waals surface area contributed by atoms with Gasteiger partial charge in [0.2, 0.25) is 11.8 Å². The average molecular weight is 428 g/mol. The van der Waals surface area contributed by atoms with Gasteiger partial charge < -0.3 is 15.1 Å². The average Bonchev–Trinajstić information content (AvgIpc) is 3.21. The number of amides is 2. The van der Waals surface area contributed by atoms with E-state index >= 15 is 0 Å². The Morgan fingerprint density at radius 3 is 2.47 bits per heavy atom. The summed E-state index contributed by atoms with van der Waals surface area (Å²) in [6, 6.07) is 2.23. The van der Waals surface area contributed by atoms with Crippen molar-refractivity contribution in [3.05, 3.63) is 10.6 Å². The molecule has 2 amide bonds. The van der Waals surface area contributed by atoms with Crippen LogP contribution in [0.15, 0.2) is 0 Å². The first-order valence-corrected chi connectivity index (χ1v) is 12.2. The Balaban J connectivity index is 1.20. The van der Waals surface area contributed by atoms with Crippen molar-refractivity contribution in [2.24, 2.45) is 11.8 Å². The number of rotatable bonds is 4. The third kappa shape index (κ3) is 3.68. The lowest BCUT2D eigenvalue weighted by Crippen LogP contribution is -2.53. The molecular weight excluding hydrogens is 398 g/mol. The van der Waals surface area contributed by atoms with Crippen molar-refractivity contribution in [1.29, 1.82) is 5.26 Å². The van der Waals surface area contributed by atoms with E-state index in [9.17, 15) is 14.9 Å². The smallest absolute Gasteiger partial charge is 0.226 e. The topological polar surface area (TPSA) is 89.3 Å². The van der Waals surface area contributed by atoms with Crippen LogP contribution in [0, 0.1) is 23.2 Å². The lowest BCUT2D eigenvalue weighted by Gasteiger charge is -2.39. The Morgan fingerprint density at radius 2 is 1.80 bits per heavy atom. The number of carbonyl (C=O) groups excluding carboxylic acids is 2. The fourth-order valence-corrected chi connectivity index (χ4v) is 6.32. The molecule has 7 nitrogen and oxygen atoms in total. The number of fused-ring (bicyclic) bond motifs is 1. The van der Waals surface area contributed by atoms with E-state index in [4.69, 9.17) is 4.98 Å². The van der Waals surface area contributed by atoms with Gasteiger partial charge in [0.25, 0.3) is 0 Å². The van der Waals surface area contributed by atoms with Gasteiger partial charge >= 0.3 is 0 Å². The summed E-state index contributed by atoms with van der Waals surface area (Å²) in [4.78, 5) is 36.7. The molecule has 3 fully saturated rings. The number of carbonyl (C=O) groups is 2. The standard InChI is InChI=1S/C22H29N5O2S/c23-14-22(8-9-22)25-19(28)15-4-1-2-5-16(15)20(29)26-10-12-27(13-11-26)21-24-17-6-3-7-18(17)30-21/h15-16H,1-13H2,(H,25,28)/t15-,16?/m1/s1. The van der Waals surface area contributed by atoms with Gasteiger partial charge in [-0.2, -0.15) is 5.26 Å². The van der Waals surface area contributed by atoms with E-state index in [1.54, 1.807) is 0 Å². The highest BCUT2D eigenvalue weighted by molar-refractivity contribution is 7.15. The van der Waals surface area contributed by atoms with Crippen molar-refractivity contribution in [2.75, 3.05) is 31.1 Å². The zero-order chi connectivity index (χ0) is 20.7. The van der Waals surface area contributed by atoms with E-state index in [-0.39, 0.29) is 23.7 Å². The van der Waals surface area contributed by atoms with E-state index in [0.29, 0.717) is 13.1 Å². The highest BCUT2D eigenvalue weighted by atomic mass is 32.1. The Labute approximate surface area is 181 Å². The minimum atomic E-state index is -0.665. The van der Waals surface area contributed by atoms with Crippen LogP contribution in [-0.2, 0) is 22.4 Å². The number of aryl methyl sites for hydroxylation is 2. The van der Waals surface area contributed by atoms with Crippen molar-refractivity contribution >= 4 is 28.3 Å². The molecule has 5 rings (SSSR count). The fourth-order valence-electron chi connectivity index (χ4n) is 5.12. The molecule has 0 radical (unpaired) electrons. The third-order valence-corrected chi connectivity index (χ3v) is 8.41. The first-order chi connectivity index (χ1) is 14.6. The van der Waals surface area contributed by atoms with Gasteiger partial charge in [0, 0.05) is 42.9 Å². The molecule has 2 heterocycles. The second-order valence-electron chi connectivity index (χ2n) is 9.21. The summed E-state index contributed by atoms with van der Waals surface area (Å²) < 4.78 is 0. The number of thiazole rings is 1. The Morgan fingerprint density at radius 1 is 1.07 bits per heavy atom. The minimum Gasteiger partial charge on any atom is -0.345 e. The molecule has 1 unspecified atom stereocenters. The largest absolute Gasteiger partial charge is 0.345 e. The number of piperazine rings is 1. The highest BCUT2D eigenvalue weighted by Crippen LogP contribution is 2.38. The molecule has 1 N–H and O–H groups in total. The van der Waals surface area contributed by atoms with E-state index in [0.717, 1.165) is 69.6 Å². The highest BCUT2D eigenvalue weighted by Gasteiger charge is 2.47. The monoisotopic (exact) mass is 427 g/mol. The van der Waals surface area contributed by atoms with E-state index in [1.807, 2.05) is 16.2 Å². The number of nitriles is 1. The first-order valence-electron chi connectivity index (χ1n) is 11.3. The molecule has 160 valence electrons. The zero-order valence-electron chi connectivity index (χ0n) is 17.4. The molecule has 1 aromatic heterocycles. The minimum absolute atomic E-state index is 0.0944. The Kier molecular flexibility index (Phi) is 5.18. The van der Waals surface area contributed by atoms with Crippen LogP contribution in [0.1, 0.15) is 55.5 Å². The molecule has 0 bridgehead atoms. The van der Waals surface area contributed by atoms with E-state index in [1.165, 1.54) is 17.0 Å². The summed E-state index contributed by atoms with van der Waals surface area (Å²) in [7, 11) is 0. The maximum Gasteiger partial charge on any atom is 0.226 e. The molecule has 2 saturated carbocycles. The summed E-state index contributed by atoms with van der Waals surface area (Å²) in [5, 5.41) is 13.3. The van der Waals surface area contributed by atoms with Gasteiger partial charge in [-0.25, -0.2) is 4.98 Å². The number of hydrogen-bond donors (Lipinski definition) is 1. The van der Waals surface area contributed by atoms with Crippen molar-refractivity contribution in [3.63, 3.8) is 0 Å². The van der Waals surface area contributed by atoms with Crippen molar-refractivity contribution in [2.45, 2.75) is 63.3 Å². The summed E-state index contributed by atoms with van der Waals surface area (Å²) in [5.74, 6) is -0.513. The van der Waals surface area contributed by atoms with Crippen LogP contribution in [-0.4, -0.2) is 53.4 Å². The van der Waals surface area contributed by atoms with Crippen molar-refractivity contribution < 1.29 is 9.59 Å².